The lowest BCUT2D eigenvalue weighted by Gasteiger charge is -2.18. The van der Waals surface area contributed by atoms with E-state index in [1.165, 1.54) is 44.4 Å². The molecule has 152 valence electrons. The molecule has 0 aliphatic carbocycles. The third-order valence-electron chi connectivity index (χ3n) is 4.86. The van der Waals surface area contributed by atoms with Gasteiger partial charge in [-0.05, 0) is 50.2 Å². The zero-order valence-corrected chi connectivity index (χ0v) is 16.2. The highest BCUT2D eigenvalue weighted by Gasteiger charge is 2.24. The molecule has 0 fully saturated rings. The molecule has 0 atom stereocenters. The first-order chi connectivity index (χ1) is 14.2. The number of fused-ring (bicyclic) bond motifs is 1. The fourth-order valence-electron chi connectivity index (χ4n) is 3.38. The van der Waals surface area contributed by atoms with Gasteiger partial charge in [0.1, 0.15) is 5.82 Å². The Balaban J connectivity index is 1.86. The first-order valence-electron chi connectivity index (χ1n) is 9.11. The van der Waals surface area contributed by atoms with Crippen molar-refractivity contribution < 1.29 is 18.7 Å². The van der Waals surface area contributed by atoms with Crippen molar-refractivity contribution in [1.29, 1.82) is 0 Å². The van der Waals surface area contributed by atoms with E-state index in [2.05, 4.69) is 9.97 Å². The number of hydrogen-bond acceptors (Lipinski definition) is 4. The van der Waals surface area contributed by atoms with Crippen molar-refractivity contribution in [2.75, 3.05) is 0 Å². The summed E-state index contributed by atoms with van der Waals surface area (Å²) in [6, 6.07) is 8.62. The minimum atomic E-state index is -1.35. The first-order valence-corrected chi connectivity index (χ1v) is 9.11. The summed E-state index contributed by atoms with van der Waals surface area (Å²) < 4.78 is 30.0. The van der Waals surface area contributed by atoms with Crippen LogP contribution in [0.25, 0.3) is 28.2 Å². The van der Waals surface area contributed by atoms with Crippen molar-refractivity contribution >= 4 is 11.6 Å². The number of primary amides is 1. The Bertz CT molecular complexity index is 1290. The number of aromatic nitrogens is 3. The number of hydrogen-bond donors (Lipinski definition) is 2. The van der Waals surface area contributed by atoms with E-state index in [0.717, 1.165) is 6.07 Å². The smallest absolute Gasteiger partial charge is 0.249 e. The quantitative estimate of drug-likeness (QED) is 0.539. The molecule has 0 saturated heterocycles. The maximum atomic E-state index is 14.9. The maximum absolute atomic E-state index is 14.9. The van der Waals surface area contributed by atoms with Gasteiger partial charge in [-0.15, -0.1) is 0 Å². The van der Waals surface area contributed by atoms with Gasteiger partial charge in [0.05, 0.1) is 28.7 Å². The van der Waals surface area contributed by atoms with Crippen LogP contribution in [0, 0.1) is 11.6 Å². The highest BCUT2D eigenvalue weighted by atomic mass is 19.1. The molecule has 3 N–H and O–H groups in total. The summed E-state index contributed by atoms with van der Waals surface area (Å²) in [5.74, 6) is -1.96. The highest BCUT2D eigenvalue weighted by Crippen LogP contribution is 2.30. The van der Waals surface area contributed by atoms with Gasteiger partial charge in [-0.25, -0.2) is 13.8 Å². The van der Waals surface area contributed by atoms with E-state index in [1.54, 1.807) is 22.7 Å². The molecule has 3 heterocycles. The molecule has 4 rings (SSSR count). The van der Waals surface area contributed by atoms with E-state index >= 15 is 0 Å². The van der Waals surface area contributed by atoms with Gasteiger partial charge in [0.2, 0.25) is 5.91 Å². The fourth-order valence-corrected chi connectivity index (χ4v) is 3.38. The molecular weight excluding hydrogens is 390 g/mol. The number of halogens is 2. The summed E-state index contributed by atoms with van der Waals surface area (Å²) in [7, 11) is 0. The van der Waals surface area contributed by atoms with Gasteiger partial charge < -0.3 is 10.8 Å². The van der Waals surface area contributed by atoms with Crippen LogP contribution < -0.4 is 5.73 Å². The van der Waals surface area contributed by atoms with Crippen LogP contribution in [0.4, 0.5) is 8.78 Å². The third-order valence-corrected chi connectivity index (χ3v) is 4.86. The predicted octanol–water partition coefficient (Wildman–Crippen LogP) is 3.67. The number of rotatable bonds is 4. The average molecular weight is 408 g/mol. The summed E-state index contributed by atoms with van der Waals surface area (Å²) in [6.07, 6.45) is 4.66. The van der Waals surface area contributed by atoms with Crippen LogP contribution in [-0.2, 0) is 5.60 Å². The second-order valence-corrected chi connectivity index (χ2v) is 7.42. The van der Waals surface area contributed by atoms with Crippen LogP contribution >= 0.6 is 0 Å². The number of aliphatic hydroxyl groups is 1. The molecule has 1 aromatic carbocycles. The molecule has 0 saturated carbocycles. The fraction of sp³-hybridized carbons (Fsp3) is 0.136. The number of amides is 1. The molecule has 6 nitrogen and oxygen atoms in total. The van der Waals surface area contributed by atoms with Crippen LogP contribution in [0.5, 0.6) is 0 Å². The Morgan fingerprint density at radius 2 is 1.90 bits per heavy atom. The number of nitrogens with two attached hydrogens (primary N) is 1. The van der Waals surface area contributed by atoms with Crippen molar-refractivity contribution in [3.8, 4) is 22.5 Å². The Kier molecular flexibility index (Phi) is 4.58. The normalized spacial score (nSPS) is 11.8. The summed E-state index contributed by atoms with van der Waals surface area (Å²) in [6.45, 7) is 3.00. The van der Waals surface area contributed by atoms with Gasteiger partial charge in [0, 0.05) is 29.1 Å². The zero-order chi connectivity index (χ0) is 21.6. The Labute approximate surface area is 170 Å². The summed E-state index contributed by atoms with van der Waals surface area (Å²) >= 11 is 0. The molecule has 8 heteroatoms. The minimum Gasteiger partial charge on any atom is -0.386 e. The summed E-state index contributed by atoms with van der Waals surface area (Å²) in [4.78, 5) is 20.2. The lowest BCUT2D eigenvalue weighted by molar-refractivity contribution is 0.0746. The topological polar surface area (TPSA) is 93.5 Å². The Hall–Kier alpha value is -3.65. The van der Waals surface area contributed by atoms with Crippen molar-refractivity contribution in [2.45, 2.75) is 19.4 Å². The van der Waals surface area contributed by atoms with Crippen molar-refractivity contribution in [2.24, 2.45) is 5.73 Å². The standard InChI is InChI=1S/C22H18F2N4O2/c1-22(2,30)16-6-8-28-18(11-27-21(28)19(16)24)12-5-7-26-17(9-12)14-4-3-13(23)10-15(14)20(25)29/h3-11,30H,1-2H3,(H2,25,29). The monoisotopic (exact) mass is 408 g/mol. The molecular formula is C22H18F2N4O2. The second kappa shape index (κ2) is 7.00. The van der Waals surface area contributed by atoms with E-state index < -0.39 is 23.1 Å². The summed E-state index contributed by atoms with van der Waals surface area (Å²) in [5.41, 5.74) is 6.28. The number of carbonyl (C=O) groups is 1. The predicted molar refractivity (Wildman–Crippen MR) is 108 cm³/mol. The molecule has 0 radical (unpaired) electrons. The van der Waals surface area contributed by atoms with Crippen LogP contribution in [0.3, 0.4) is 0 Å². The highest BCUT2D eigenvalue weighted by molar-refractivity contribution is 5.99. The molecule has 0 aliphatic rings. The number of pyridine rings is 2. The molecule has 0 spiro atoms. The number of nitrogens with zero attached hydrogens (tertiary/aromatic N) is 3. The lowest BCUT2D eigenvalue weighted by Crippen LogP contribution is -2.18. The molecule has 0 aliphatic heterocycles. The van der Waals surface area contributed by atoms with Gasteiger partial charge in [-0.3, -0.25) is 14.2 Å². The van der Waals surface area contributed by atoms with Gasteiger partial charge in [-0.2, -0.15) is 0 Å². The van der Waals surface area contributed by atoms with Crippen LogP contribution in [0.2, 0.25) is 0 Å². The third kappa shape index (κ3) is 3.31. The van der Waals surface area contributed by atoms with E-state index in [4.69, 9.17) is 5.73 Å². The van der Waals surface area contributed by atoms with Crippen molar-refractivity contribution in [1.82, 2.24) is 14.4 Å². The van der Waals surface area contributed by atoms with E-state index in [0.29, 0.717) is 22.5 Å². The van der Waals surface area contributed by atoms with E-state index in [9.17, 15) is 18.7 Å². The second-order valence-electron chi connectivity index (χ2n) is 7.42. The number of carbonyl (C=O) groups excluding carboxylic acids is 1. The van der Waals surface area contributed by atoms with Crippen LogP contribution in [0.15, 0.2) is 55.0 Å². The van der Waals surface area contributed by atoms with Crippen LogP contribution in [-0.4, -0.2) is 25.4 Å². The zero-order valence-electron chi connectivity index (χ0n) is 16.2. The van der Waals surface area contributed by atoms with Gasteiger partial charge in [0.25, 0.3) is 0 Å². The van der Waals surface area contributed by atoms with E-state index in [-0.39, 0.29) is 16.8 Å². The van der Waals surface area contributed by atoms with Crippen molar-refractivity contribution in [3.63, 3.8) is 0 Å². The molecule has 30 heavy (non-hydrogen) atoms. The largest absolute Gasteiger partial charge is 0.386 e. The number of benzene rings is 1. The van der Waals surface area contributed by atoms with Gasteiger partial charge in [-0.1, -0.05) is 0 Å². The SMILES string of the molecule is CC(C)(O)c1ccn2c(-c3ccnc(-c4ccc(F)cc4C(N)=O)c3)cnc2c1F. The summed E-state index contributed by atoms with van der Waals surface area (Å²) in [5, 5.41) is 10.2. The molecule has 1 amide bonds. The average Bonchev–Trinajstić information content (AvgIpc) is 3.12. The number of imidazole rings is 1. The molecule has 0 bridgehead atoms. The molecule has 0 unspecified atom stereocenters. The van der Waals surface area contributed by atoms with E-state index in [1.807, 2.05) is 0 Å². The van der Waals surface area contributed by atoms with Crippen LogP contribution in [0.1, 0.15) is 29.8 Å². The lowest BCUT2D eigenvalue weighted by atomic mass is 9.99. The minimum absolute atomic E-state index is 0.0126. The Morgan fingerprint density at radius 1 is 1.13 bits per heavy atom. The van der Waals surface area contributed by atoms with Gasteiger partial charge >= 0.3 is 0 Å². The maximum Gasteiger partial charge on any atom is 0.249 e. The Morgan fingerprint density at radius 3 is 2.60 bits per heavy atom. The molecule has 3 aromatic heterocycles. The van der Waals surface area contributed by atoms with Crippen molar-refractivity contribution in [3.05, 3.63) is 77.8 Å². The molecule has 4 aromatic rings. The first kappa shape index (κ1) is 19.7. The van der Waals surface area contributed by atoms with Gasteiger partial charge in [0.15, 0.2) is 11.5 Å².